The van der Waals surface area contributed by atoms with Crippen molar-refractivity contribution in [2.45, 2.75) is 25.9 Å². The topological polar surface area (TPSA) is 43.8 Å². The van der Waals surface area contributed by atoms with Crippen LogP contribution in [0.5, 0.6) is 0 Å². The zero-order valence-corrected chi connectivity index (χ0v) is 12.7. The van der Waals surface area contributed by atoms with Crippen LogP contribution in [0.4, 0.5) is 0 Å². The minimum Gasteiger partial charge on any atom is -0.478 e. The Bertz CT molecular complexity index is 493. The molecule has 1 aromatic carbocycles. The number of carbonyl (C=O) groups is 1. The van der Waals surface area contributed by atoms with E-state index in [4.69, 9.17) is 16.7 Å². The second-order valence-electron chi connectivity index (χ2n) is 5.55. The summed E-state index contributed by atoms with van der Waals surface area (Å²) >= 11 is 6.21. The van der Waals surface area contributed by atoms with Gasteiger partial charge < -0.3 is 10.0 Å². The van der Waals surface area contributed by atoms with Gasteiger partial charge in [-0.25, -0.2) is 4.79 Å². The van der Waals surface area contributed by atoms with E-state index in [1.54, 1.807) is 6.07 Å². The lowest BCUT2D eigenvalue weighted by Crippen LogP contribution is -2.37. The second-order valence-corrected chi connectivity index (χ2v) is 5.95. The molecule has 5 heteroatoms. The molecule has 4 nitrogen and oxygen atoms in total. The monoisotopic (exact) mass is 296 g/mol. The fourth-order valence-corrected chi connectivity index (χ4v) is 2.92. The molecule has 1 aliphatic rings. The predicted molar refractivity (Wildman–Crippen MR) is 80.4 cm³/mol. The number of carboxylic acids is 1. The molecule has 20 heavy (non-hydrogen) atoms. The van der Waals surface area contributed by atoms with Gasteiger partial charge in [0.05, 0.1) is 5.56 Å². The van der Waals surface area contributed by atoms with E-state index in [1.165, 1.54) is 6.07 Å². The number of rotatable bonds is 3. The van der Waals surface area contributed by atoms with Gasteiger partial charge in [-0.1, -0.05) is 17.7 Å². The van der Waals surface area contributed by atoms with Gasteiger partial charge in [0, 0.05) is 30.7 Å². The van der Waals surface area contributed by atoms with Crippen LogP contribution in [0.2, 0.25) is 5.02 Å². The van der Waals surface area contributed by atoms with Gasteiger partial charge >= 0.3 is 5.97 Å². The van der Waals surface area contributed by atoms with Crippen molar-refractivity contribution in [1.29, 1.82) is 0 Å². The highest BCUT2D eigenvalue weighted by Crippen LogP contribution is 2.21. The Kier molecular flexibility index (Phi) is 5.02. The number of likely N-dealkylation sites (N-methyl/N-ethyl adjacent to an activating group) is 1. The number of carboxylic acid groups (broad SMARTS) is 1. The number of nitrogens with zero attached hydrogens (tertiary/aromatic N) is 2. The molecule has 1 saturated heterocycles. The van der Waals surface area contributed by atoms with E-state index in [1.807, 2.05) is 6.07 Å². The zero-order chi connectivity index (χ0) is 14.7. The molecule has 1 atom stereocenters. The molecule has 0 spiro atoms. The van der Waals surface area contributed by atoms with Crippen molar-refractivity contribution in [2.24, 2.45) is 0 Å². The Morgan fingerprint density at radius 3 is 2.85 bits per heavy atom. The third kappa shape index (κ3) is 3.72. The standard InChI is InChI=1S/C15H21ClN2O2/c1-11-9-17(2)6-3-7-18(11)10-13-5-4-12(15(19)20)8-14(13)16/h4-5,8,11H,3,6-7,9-10H2,1-2H3,(H,19,20). The Hall–Kier alpha value is -1.10. The van der Waals surface area contributed by atoms with Crippen LogP contribution in [0.15, 0.2) is 18.2 Å². The van der Waals surface area contributed by atoms with E-state index in [0.717, 1.165) is 38.2 Å². The zero-order valence-electron chi connectivity index (χ0n) is 12.0. The molecule has 110 valence electrons. The maximum Gasteiger partial charge on any atom is 0.335 e. The van der Waals surface area contributed by atoms with Crippen molar-refractivity contribution in [3.05, 3.63) is 34.3 Å². The van der Waals surface area contributed by atoms with Crippen LogP contribution in [-0.4, -0.2) is 53.6 Å². The van der Waals surface area contributed by atoms with Crippen LogP contribution >= 0.6 is 11.6 Å². The van der Waals surface area contributed by atoms with Gasteiger partial charge in [0.1, 0.15) is 0 Å². The highest BCUT2D eigenvalue weighted by Gasteiger charge is 2.20. The van der Waals surface area contributed by atoms with Gasteiger partial charge in [-0.2, -0.15) is 0 Å². The molecule has 0 bridgehead atoms. The Morgan fingerprint density at radius 2 is 2.20 bits per heavy atom. The van der Waals surface area contributed by atoms with Crippen LogP contribution in [-0.2, 0) is 6.54 Å². The van der Waals surface area contributed by atoms with E-state index in [-0.39, 0.29) is 5.56 Å². The molecule has 0 saturated carbocycles. The van der Waals surface area contributed by atoms with E-state index < -0.39 is 5.97 Å². The second kappa shape index (κ2) is 6.57. The average molecular weight is 297 g/mol. The normalized spacial score (nSPS) is 21.6. The smallest absolute Gasteiger partial charge is 0.335 e. The highest BCUT2D eigenvalue weighted by atomic mass is 35.5. The summed E-state index contributed by atoms with van der Waals surface area (Å²) in [7, 11) is 2.15. The van der Waals surface area contributed by atoms with Gasteiger partial charge in [0.15, 0.2) is 0 Å². The van der Waals surface area contributed by atoms with Gasteiger partial charge in [0.2, 0.25) is 0 Å². The van der Waals surface area contributed by atoms with Crippen molar-refractivity contribution in [3.8, 4) is 0 Å². The number of hydrogen-bond donors (Lipinski definition) is 1. The lowest BCUT2D eigenvalue weighted by molar-refractivity contribution is 0.0697. The molecule has 1 unspecified atom stereocenters. The molecule has 1 N–H and O–H groups in total. The summed E-state index contributed by atoms with van der Waals surface area (Å²) in [6.07, 6.45) is 1.14. The fourth-order valence-electron chi connectivity index (χ4n) is 2.68. The summed E-state index contributed by atoms with van der Waals surface area (Å²) in [6, 6.07) is 5.46. The molecule has 0 radical (unpaired) electrons. The molecule has 0 aliphatic carbocycles. The van der Waals surface area contributed by atoms with Crippen LogP contribution in [0.3, 0.4) is 0 Å². The van der Waals surface area contributed by atoms with Gasteiger partial charge in [-0.05, 0) is 44.6 Å². The van der Waals surface area contributed by atoms with Crippen molar-refractivity contribution >= 4 is 17.6 Å². The van der Waals surface area contributed by atoms with E-state index in [0.29, 0.717) is 11.1 Å². The van der Waals surface area contributed by atoms with Crippen molar-refractivity contribution in [3.63, 3.8) is 0 Å². The number of halogens is 1. The Balaban J connectivity index is 2.11. The molecule has 1 aromatic rings. The van der Waals surface area contributed by atoms with Crippen LogP contribution in [0.1, 0.15) is 29.3 Å². The van der Waals surface area contributed by atoms with E-state index in [2.05, 4.69) is 23.8 Å². The maximum absolute atomic E-state index is 10.9. The first-order chi connectivity index (χ1) is 9.47. The van der Waals surface area contributed by atoms with Crippen molar-refractivity contribution < 1.29 is 9.90 Å². The summed E-state index contributed by atoms with van der Waals surface area (Å²) in [5.74, 6) is -0.941. The minimum atomic E-state index is -0.941. The molecule has 1 fully saturated rings. The van der Waals surface area contributed by atoms with Gasteiger partial charge in [-0.15, -0.1) is 0 Å². The molecule has 0 amide bonds. The highest BCUT2D eigenvalue weighted by molar-refractivity contribution is 6.31. The Labute approximate surface area is 124 Å². The van der Waals surface area contributed by atoms with Gasteiger partial charge in [-0.3, -0.25) is 4.90 Å². The number of benzene rings is 1. The molecule has 0 aromatic heterocycles. The first kappa shape index (κ1) is 15.3. The first-order valence-electron chi connectivity index (χ1n) is 6.91. The summed E-state index contributed by atoms with van der Waals surface area (Å²) in [6.45, 7) is 6.20. The van der Waals surface area contributed by atoms with E-state index >= 15 is 0 Å². The molecular weight excluding hydrogens is 276 g/mol. The van der Waals surface area contributed by atoms with E-state index in [9.17, 15) is 4.79 Å². The van der Waals surface area contributed by atoms with Crippen LogP contribution < -0.4 is 0 Å². The Morgan fingerprint density at radius 1 is 1.45 bits per heavy atom. The lowest BCUT2D eigenvalue weighted by Gasteiger charge is -2.28. The lowest BCUT2D eigenvalue weighted by atomic mass is 10.1. The largest absolute Gasteiger partial charge is 0.478 e. The summed E-state index contributed by atoms with van der Waals surface area (Å²) in [4.78, 5) is 15.7. The minimum absolute atomic E-state index is 0.238. The van der Waals surface area contributed by atoms with Gasteiger partial charge in [0.25, 0.3) is 0 Å². The average Bonchev–Trinajstić information content (AvgIpc) is 2.53. The van der Waals surface area contributed by atoms with Crippen molar-refractivity contribution in [1.82, 2.24) is 9.80 Å². The quantitative estimate of drug-likeness (QED) is 0.931. The molecular formula is C15H21ClN2O2. The number of hydrogen-bond acceptors (Lipinski definition) is 3. The predicted octanol–water partition coefficient (Wildman–Crippen LogP) is 2.56. The fraction of sp³-hybridized carbons (Fsp3) is 0.533. The summed E-state index contributed by atoms with van der Waals surface area (Å²) in [5, 5.41) is 9.49. The number of aromatic carboxylic acids is 1. The molecule has 1 aliphatic heterocycles. The molecule has 1 heterocycles. The molecule has 2 rings (SSSR count). The third-order valence-electron chi connectivity index (χ3n) is 3.86. The summed E-state index contributed by atoms with van der Waals surface area (Å²) < 4.78 is 0. The van der Waals surface area contributed by atoms with Crippen LogP contribution in [0.25, 0.3) is 0 Å². The maximum atomic E-state index is 10.9. The SMILES string of the molecule is CC1CN(C)CCCN1Cc1ccc(C(=O)O)cc1Cl. The summed E-state index contributed by atoms with van der Waals surface area (Å²) in [5.41, 5.74) is 1.23. The van der Waals surface area contributed by atoms with Crippen molar-refractivity contribution in [2.75, 3.05) is 26.7 Å². The van der Waals surface area contributed by atoms with Crippen LogP contribution in [0, 0.1) is 0 Å². The third-order valence-corrected chi connectivity index (χ3v) is 4.21. The first-order valence-corrected chi connectivity index (χ1v) is 7.29.